The Balaban J connectivity index is 0.00000231. The third-order valence-electron chi connectivity index (χ3n) is 8.45. The summed E-state index contributed by atoms with van der Waals surface area (Å²) in [7, 11) is 0. The zero-order valence-electron chi connectivity index (χ0n) is 23.7. The second-order valence-corrected chi connectivity index (χ2v) is 12.1. The average molecular weight is 715 g/mol. The summed E-state index contributed by atoms with van der Waals surface area (Å²) in [5.41, 5.74) is -3.80. The fraction of sp³-hybridized carbons (Fsp3) is 0.467. The molecular formula is C30H33O9Y2-. The van der Waals surface area contributed by atoms with Gasteiger partial charge in [-0.3, -0.25) is 14.4 Å². The Kier molecular flexibility index (Phi) is 10.0. The van der Waals surface area contributed by atoms with Crippen LogP contribution in [0.3, 0.4) is 0 Å². The van der Waals surface area contributed by atoms with Crippen molar-refractivity contribution >= 4 is 17.3 Å². The Bertz CT molecular complexity index is 1420. The second kappa shape index (κ2) is 11.9. The molecule has 2 aromatic carbocycles. The van der Waals surface area contributed by atoms with E-state index in [0.717, 1.165) is 0 Å². The molecule has 41 heavy (non-hydrogen) atoms. The summed E-state index contributed by atoms with van der Waals surface area (Å²) < 4.78 is 12.6. The van der Waals surface area contributed by atoms with E-state index in [9.17, 15) is 34.8 Å². The molecule has 11 heteroatoms. The molecular weight excluding hydrogens is 682 g/mol. The van der Waals surface area contributed by atoms with E-state index in [1.54, 1.807) is 12.1 Å². The van der Waals surface area contributed by atoms with E-state index in [0.29, 0.717) is 0 Å². The van der Waals surface area contributed by atoms with Crippen LogP contribution in [0.2, 0.25) is 0 Å². The Labute approximate surface area is 289 Å². The number of phenols is 2. The minimum atomic E-state index is -2.17. The molecule has 4 atom stereocenters. The zero-order chi connectivity index (χ0) is 28.7. The molecule has 4 N–H and O–H groups in total. The number of ether oxygens (including phenoxy) is 2. The molecule has 5 rings (SSSR count). The van der Waals surface area contributed by atoms with Crippen LogP contribution in [0.15, 0.2) is 24.3 Å². The Morgan fingerprint density at radius 1 is 1.00 bits per heavy atom. The molecule has 1 heterocycles. The first kappa shape index (κ1) is 34.6. The predicted octanol–water partition coefficient (Wildman–Crippen LogP) is 3.17. The third kappa shape index (κ3) is 5.59. The average Bonchev–Trinajstić information content (AvgIpc) is 2.86. The van der Waals surface area contributed by atoms with Crippen molar-refractivity contribution in [3.63, 3.8) is 0 Å². The van der Waals surface area contributed by atoms with E-state index in [-0.39, 0.29) is 111 Å². The number of carbonyl (C=O) groups excluding carboxylic acids is 3. The van der Waals surface area contributed by atoms with Crippen molar-refractivity contribution in [1.82, 2.24) is 0 Å². The normalized spacial score (nSPS) is 27.4. The molecule has 2 aromatic rings. The topological polar surface area (TPSA) is 151 Å². The van der Waals surface area contributed by atoms with E-state index in [2.05, 4.69) is 6.42 Å². The summed E-state index contributed by atoms with van der Waals surface area (Å²) in [4.78, 5) is 39.6. The Morgan fingerprint density at radius 2 is 1.54 bits per heavy atom. The number of ketones is 3. The number of Topliss-reactive ketones (excluding diaryl/α,β-unsaturated/α-hetero) is 1. The van der Waals surface area contributed by atoms with E-state index < -0.39 is 70.8 Å². The third-order valence-corrected chi connectivity index (χ3v) is 8.45. The first-order valence-electron chi connectivity index (χ1n) is 13.0. The zero-order valence-corrected chi connectivity index (χ0v) is 29.4. The molecule has 0 saturated carbocycles. The first-order valence-corrected chi connectivity index (χ1v) is 13.0. The SMILES string of the molecule is CC1OC(O[C@H]2C[C@](O)(C(=O)CO)Cc3c(O)c4c(c(O)c32)C(=O)c2ccccc2C4=O)C(C)(C)[CH-]C1(C)C.[Y].[Y]. The molecule has 0 spiro atoms. The summed E-state index contributed by atoms with van der Waals surface area (Å²) >= 11 is 0. The summed E-state index contributed by atoms with van der Waals surface area (Å²) in [5.74, 6) is -3.39. The maximum Gasteiger partial charge on any atom is 0.198 e. The van der Waals surface area contributed by atoms with Gasteiger partial charge in [-0.25, -0.2) is 0 Å². The summed E-state index contributed by atoms with van der Waals surface area (Å²) in [6.07, 6.45) is -1.16. The fourth-order valence-corrected chi connectivity index (χ4v) is 6.20. The van der Waals surface area contributed by atoms with Crippen LogP contribution in [-0.2, 0) is 86.1 Å². The van der Waals surface area contributed by atoms with Gasteiger partial charge in [0.15, 0.2) is 17.3 Å². The van der Waals surface area contributed by atoms with Gasteiger partial charge >= 0.3 is 0 Å². The Morgan fingerprint density at radius 3 is 2.07 bits per heavy atom. The number of aromatic hydroxyl groups is 2. The standard InChI is InChI=1S/C30H33O9.2Y/c1-14-28(2,3)13-29(4,5)27(38-14)39-18-11-30(37,19(32)12-31)10-17-20(18)26(36)22-21(25(17)35)23(33)15-8-6-7-9-16(15)24(22)34;;/h6-9,13-14,18,27,31,35-37H,10-12H2,1-5H3;;/q-1;;/t14?,18-,27?,30-;;/m0../s1. The maximum atomic E-state index is 13.5. The molecule has 1 aliphatic heterocycles. The van der Waals surface area contributed by atoms with E-state index in [1.807, 2.05) is 34.6 Å². The van der Waals surface area contributed by atoms with E-state index >= 15 is 0 Å². The van der Waals surface area contributed by atoms with Crippen LogP contribution in [-0.4, -0.2) is 62.4 Å². The largest absolute Gasteiger partial charge is 0.507 e. The number of hydrogen-bond donors (Lipinski definition) is 4. The van der Waals surface area contributed by atoms with Gasteiger partial charge in [0.25, 0.3) is 0 Å². The number of aliphatic hydroxyl groups is 2. The van der Waals surface area contributed by atoms with Crippen molar-refractivity contribution in [3.05, 3.63) is 64.1 Å². The van der Waals surface area contributed by atoms with Gasteiger partial charge in [-0.2, -0.15) is 0 Å². The monoisotopic (exact) mass is 715 g/mol. The molecule has 214 valence electrons. The van der Waals surface area contributed by atoms with Crippen molar-refractivity contribution < 1.29 is 110 Å². The van der Waals surface area contributed by atoms with E-state index in [4.69, 9.17) is 9.47 Å². The van der Waals surface area contributed by atoms with Gasteiger partial charge < -0.3 is 36.3 Å². The van der Waals surface area contributed by atoms with Crippen LogP contribution in [0.5, 0.6) is 11.5 Å². The van der Waals surface area contributed by atoms with Gasteiger partial charge in [0, 0.05) is 107 Å². The number of carbonyl (C=O) groups is 3. The molecule has 0 aromatic heterocycles. The van der Waals surface area contributed by atoms with E-state index in [1.165, 1.54) is 12.1 Å². The molecule has 2 radical (unpaired) electrons. The number of phenolic OH excluding ortho intramolecular Hbond substituents is 2. The predicted molar refractivity (Wildman–Crippen MR) is 138 cm³/mol. The maximum absolute atomic E-state index is 13.5. The smallest absolute Gasteiger partial charge is 0.198 e. The molecule has 0 amide bonds. The van der Waals surface area contributed by atoms with Crippen molar-refractivity contribution in [2.75, 3.05) is 6.61 Å². The van der Waals surface area contributed by atoms with Gasteiger partial charge in [-0.1, -0.05) is 52.0 Å². The number of benzene rings is 2. The van der Waals surface area contributed by atoms with Crippen molar-refractivity contribution in [1.29, 1.82) is 0 Å². The second-order valence-electron chi connectivity index (χ2n) is 12.1. The first-order chi connectivity index (χ1) is 18.1. The summed E-state index contributed by atoms with van der Waals surface area (Å²) in [5, 5.41) is 43.9. The van der Waals surface area contributed by atoms with Crippen molar-refractivity contribution in [3.8, 4) is 11.5 Å². The molecule has 9 nitrogen and oxygen atoms in total. The van der Waals surface area contributed by atoms with Crippen LogP contribution < -0.4 is 0 Å². The van der Waals surface area contributed by atoms with Gasteiger partial charge in [0.2, 0.25) is 0 Å². The minimum absolute atomic E-state index is 0. The summed E-state index contributed by atoms with van der Waals surface area (Å²) in [6.45, 7) is 8.80. The van der Waals surface area contributed by atoms with Crippen molar-refractivity contribution in [2.45, 2.75) is 71.6 Å². The van der Waals surface area contributed by atoms with Crippen LogP contribution in [0.1, 0.15) is 90.1 Å². The number of hydrogen-bond acceptors (Lipinski definition) is 9. The van der Waals surface area contributed by atoms with Crippen molar-refractivity contribution in [2.24, 2.45) is 10.8 Å². The van der Waals surface area contributed by atoms with Gasteiger partial charge in [0.05, 0.1) is 17.2 Å². The quantitative estimate of drug-likeness (QED) is 0.236. The fourth-order valence-electron chi connectivity index (χ4n) is 6.20. The van der Waals surface area contributed by atoms with Gasteiger partial charge in [-0.05, 0) is 6.92 Å². The van der Waals surface area contributed by atoms with Gasteiger partial charge in [-0.15, -0.1) is 10.8 Å². The molecule has 2 aliphatic carbocycles. The Hall–Kier alpha value is -0.902. The van der Waals surface area contributed by atoms with Crippen LogP contribution in [0, 0.1) is 17.3 Å². The number of fused-ring (bicyclic) bond motifs is 3. The molecule has 2 unspecified atom stereocenters. The summed E-state index contributed by atoms with van der Waals surface area (Å²) in [6, 6.07) is 6.10. The molecule has 3 aliphatic rings. The number of rotatable bonds is 4. The molecule has 1 fully saturated rings. The van der Waals surface area contributed by atoms with Crippen LogP contribution in [0.4, 0.5) is 0 Å². The van der Waals surface area contributed by atoms with Crippen LogP contribution >= 0.6 is 0 Å². The molecule has 1 saturated heterocycles. The minimum Gasteiger partial charge on any atom is -0.507 e. The van der Waals surface area contributed by atoms with Crippen LogP contribution in [0.25, 0.3) is 0 Å². The molecule has 0 bridgehead atoms. The van der Waals surface area contributed by atoms with Gasteiger partial charge in [0.1, 0.15) is 30.0 Å². The number of aliphatic hydroxyl groups excluding tert-OH is 1.